The van der Waals surface area contributed by atoms with Crippen LogP contribution in [-0.2, 0) is 11.3 Å². The zero-order valence-corrected chi connectivity index (χ0v) is 22.9. The monoisotopic (exact) mass is 528 g/mol. The predicted octanol–water partition coefficient (Wildman–Crippen LogP) is 7.68. The number of aromatic nitrogens is 1. The van der Waals surface area contributed by atoms with E-state index < -0.39 is 5.97 Å². The fraction of sp³-hybridized carbons (Fsp3) is 0.333. The molecule has 6 heteroatoms. The number of benzene rings is 3. The van der Waals surface area contributed by atoms with E-state index in [4.69, 9.17) is 9.90 Å². The molecule has 204 valence electrons. The van der Waals surface area contributed by atoms with Gasteiger partial charge in [0.05, 0.1) is 11.1 Å². The van der Waals surface area contributed by atoms with E-state index >= 15 is 0 Å². The van der Waals surface area contributed by atoms with Crippen molar-refractivity contribution in [3.63, 3.8) is 0 Å². The lowest BCUT2D eigenvalue weighted by molar-refractivity contribution is -0.134. The maximum Gasteiger partial charge on any atom is 0.300 e. The van der Waals surface area contributed by atoms with Crippen molar-refractivity contribution >= 4 is 22.8 Å². The largest absolute Gasteiger partial charge is 0.481 e. The van der Waals surface area contributed by atoms with Gasteiger partial charge < -0.3 is 15.0 Å². The molecule has 1 aromatic heterocycles. The fourth-order valence-electron chi connectivity index (χ4n) is 5.67. The molecule has 0 saturated heterocycles. The molecule has 0 atom stereocenters. The third-order valence-electron chi connectivity index (χ3n) is 7.64. The Labute approximate surface area is 229 Å². The molecule has 0 aliphatic heterocycles. The minimum Gasteiger partial charge on any atom is -0.481 e. The summed E-state index contributed by atoms with van der Waals surface area (Å²) in [4.78, 5) is 22.1. The first-order chi connectivity index (χ1) is 18.8. The summed E-state index contributed by atoms with van der Waals surface area (Å²) in [6.45, 7) is 5.66. The van der Waals surface area contributed by atoms with Crippen molar-refractivity contribution in [3.8, 4) is 11.1 Å². The molecule has 6 rings (SSSR count). The first-order valence-electron chi connectivity index (χ1n) is 13.8. The molecular formula is C33H37FN2O3. The summed E-state index contributed by atoms with van der Waals surface area (Å²) in [5, 5.41) is 11.1. The Morgan fingerprint density at radius 3 is 2.15 bits per heavy atom. The number of carbonyl (C=O) groups excluding carboxylic acids is 1. The Morgan fingerprint density at radius 1 is 0.949 bits per heavy atom. The van der Waals surface area contributed by atoms with Crippen molar-refractivity contribution in [1.82, 2.24) is 9.88 Å². The summed E-state index contributed by atoms with van der Waals surface area (Å²) in [6.07, 6.45) is 7.95. The van der Waals surface area contributed by atoms with Crippen LogP contribution in [0.2, 0.25) is 0 Å². The van der Waals surface area contributed by atoms with E-state index in [0.29, 0.717) is 28.4 Å². The van der Waals surface area contributed by atoms with Gasteiger partial charge in [-0.25, -0.2) is 4.39 Å². The number of hydrogen-bond acceptors (Lipinski definition) is 2. The molecule has 3 aromatic carbocycles. The van der Waals surface area contributed by atoms with Crippen LogP contribution >= 0.6 is 0 Å². The number of carboxylic acid groups (broad SMARTS) is 1. The van der Waals surface area contributed by atoms with Crippen molar-refractivity contribution in [2.45, 2.75) is 65.5 Å². The Kier molecular flexibility index (Phi) is 8.85. The third kappa shape index (κ3) is 6.39. The first kappa shape index (κ1) is 28.1. The first-order valence-corrected chi connectivity index (χ1v) is 13.8. The number of amides is 1. The summed E-state index contributed by atoms with van der Waals surface area (Å²) < 4.78 is 16.6. The van der Waals surface area contributed by atoms with Crippen LogP contribution in [0.15, 0.2) is 79.0 Å². The molecule has 2 fully saturated rings. The van der Waals surface area contributed by atoms with Gasteiger partial charge in [-0.05, 0) is 66.0 Å². The molecule has 2 N–H and O–H groups in total. The van der Waals surface area contributed by atoms with Crippen molar-refractivity contribution in [2.75, 3.05) is 0 Å². The van der Waals surface area contributed by atoms with E-state index in [2.05, 4.69) is 41.7 Å². The molecule has 1 heterocycles. The fourth-order valence-corrected chi connectivity index (χ4v) is 5.67. The van der Waals surface area contributed by atoms with Gasteiger partial charge in [0.2, 0.25) is 0 Å². The highest BCUT2D eigenvalue weighted by Crippen LogP contribution is 2.55. The zero-order chi connectivity index (χ0) is 28.0. The van der Waals surface area contributed by atoms with Crippen LogP contribution in [0.3, 0.4) is 0 Å². The number of carbonyl (C=O) groups is 2. The van der Waals surface area contributed by atoms with E-state index in [0.717, 1.165) is 30.9 Å². The van der Waals surface area contributed by atoms with Crippen LogP contribution in [0.5, 0.6) is 0 Å². The third-order valence-corrected chi connectivity index (χ3v) is 7.64. The molecule has 2 saturated carbocycles. The summed E-state index contributed by atoms with van der Waals surface area (Å²) in [5.41, 5.74) is 5.16. The van der Waals surface area contributed by atoms with Gasteiger partial charge in [0, 0.05) is 31.1 Å². The topological polar surface area (TPSA) is 71.3 Å². The van der Waals surface area contributed by atoms with Crippen LogP contribution in [0.4, 0.5) is 4.39 Å². The molecule has 2 aliphatic rings. The van der Waals surface area contributed by atoms with Crippen molar-refractivity contribution in [3.05, 3.63) is 95.9 Å². The minimum absolute atomic E-state index is 0.0986. The predicted molar refractivity (Wildman–Crippen MR) is 154 cm³/mol. The second kappa shape index (κ2) is 12.3. The minimum atomic E-state index is -0.833. The van der Waals surface area contributed by atoms with Crippen LogP contribution < -0.4 is 5.32 Å². The van der Waals surface area contributed by atoms with Gasteiger partial charge in [0.25, 0.3) is 11.9 Å². The summed E-state index contributed by atoms with van der Waals surface area (Å²) in [5.74, 6) is -1.23. The zero-order valence-electron chi connectivity index (χ0n) is 22.9. The average Bonchev–Trinajstić information content (AvgIpc) is 3.31. The van der Waals surface area contributed by atoms with E-state index in [1.807, 2.05) is 42.8 Å². The number of rotatable bonds is 5. The van der Waals surface area contributed by atoms with E-state index in [1.54, 1.807) is 12.1 Å². The molecule has 0 unspecified atom stereocenters. The molecule has 1 amide bonds. The number of carboxylic acids is 1. The average molecular weight is 529 g/mol. The molecule has 4 aromatic rings. The van der Waals surface area contributed by atoms with E-state index in [9.17, 15) is 9.18 Å². The molecule has 5 nitrogen and oxygen atoms in total. The van der Waals surface area contributed by atoms with Crippen molar-refractivity contribution < 1.29 is 19.1 Å². The SMILES string of the molecule is CC.CC(=O)O.O=C(NC1CC2(CCC2)C1)c1ccc(F)c2ccn(Cc3ccc(-c4ccccc4)cc3)c12. The van der Waals surface area contributed by atoms with Gasteiger partial charge >= 0.3 is 0 Å². The van der Waals surface area contributed by atoms with Crippen LogP contribution in [0, 0.1) is 11.2 Å². The highest BCUT2D eigenvalue weighted by molar-refractivity contribution is 6.06. The van der Waals surface area contributed by atoms with E-state index in [-0.39, 0.29) is 17.8 Å². The van der Waals surface area contributed by atoms with Gasteiger partial charge in [-0.1, -0.05) is 74.9 Å². The van der Waals surface area contributed by atoms with Gasteiger partial charge in [0.15, 0.2) is 0 Å². The number of aliphatic carboxylic acids is 1. The second-order valence-electron chi connectivity index (χ2n) is 10.3. The number of hydrogen-bond donors (Lipinski definition) is 2. The van der Waals surface area contributed by atoms with Gasteiger partial charge in [-0.3, -0.25) is 9.59 Å². The maximum atomic E-state index is 14.6. The summed E-state index contributed by atoms with van der Waals surface area (Å²) >= 11 is 0. The van der Waals surface area contributed by atoms with Crippen molar-refractivity contribution in [2.24, 2.45) is 5.41 Å². The Hall–Kier alpha value is -3.93. The van der Waals surface area contributed by atoms with Gasteiger partial charge in [0.1, 0.15) is 5.82 Å². The second-order valence-corrected chi connectivity index (χ2v) is 10.3. The quantitative estimate of drug-likeness (QED) is 0.279. The van der Waals surface area contributed by atoms with Gasteiger partial charge in [-0.15, -0.1) is 0 Å². The van der Waals surface area contributed by atoms with Crippen molar-refractivity contribution in [1.29, 1.82) is 0 Å². The maximum absolute atomic E-state index is 14.6. The van der Waals surface area contributed by atoms with Crippen LogP contribution in [0.25, 0.3) is 22.0 Å². The standard InChI is InChI=1S/C29H27FN2O.C2H4O2.C2H6/c30-26-12-11-25(28(33)31-23-17-29(18-23)14-4-15-29)27-24(26)13-16-32(27)19-20-7-9-22(10-8-20)21-5-2-1-3-6-21;1-2(3)4;1-2/h1-3,5-13,16,23H,4,14-15,17-19H2,(H,31,33);1H3,(H,3,4);1-2H3. The highest BCUT2D eigenvalue weighted by Gasteiger charge is 2.48. The molecule has 2 aliphatic carbocycles. The summed E-state index contributed by atoms with van der Waals surface area (Å²) in [6, 6.07) is 23.7. The van der Waals surface area contributed by atoms with E-state index in [1.165, 1.54) is 30.9 Å². The number of halogens is 1. The smallest absolute Gasteiger partial charge is 0.300 e. The molecule has 39 heavy (non-hydrogen) atoms. The lowest BCUT2D eigenvalue weighted by atomic mass is 9.54. The molecule has 0 bridgehead atoms. The Morgan fingerprint density at radius 2 is 1.56 bits per heavy atom. The lowest BCUT2D eigenvalue weighted by Gasteiger charge is -2.54. The van der Waals surface area contributed by atoms with Crippen LogP contribution in [-0.4, -0.2) is 27.6 Å². The lowest BCUT2D eigenvalue weighted by Crippen LogP contribution is -2.53. The number of nitrogens with zero attached hydrogens (tertiary/aromatic N) is 1. The van der Waals surface area contributed by atoms with Gasteiger partial charge in [-0.2, -0.15) is 0 Å². The highest BCUT2D eigenvalue weighted by atomic mass is 19.1. The Balaban J connectivity index is 0.000000541. The summed E-state index contributed by atoms with van der Waals surface area (Å²) in [7, 11) is 0. The Bertz CT molecular complexity index is 1410. The molecule has 0 radical (unpaired) electrons. The van der Waals surface area contributed by atoms with Crippen LogP contribution in [0.1, 0.15) is 68.8 Å². The molecule has 1 spiro atoms. The normalized spacial score (nSPS) is 15.2. The number of fused-ring (bicyclic) bond motifs is 1. The molecular weight excluding hydrogens is 491 g/mol. The number of nitrogens with one attached hydrogen (secondary N) is 1.